The average Bonchev–Trinajstić information content (AvgIpc) is 2.26. The van der Waals surface area contributed by atoms with Crippen LogP contribution in [0.3, 0.4) is 0 Å². The minimum atomic E-state index is 0.428. The van der Waals surface area contributed by atoms with Gasteiger partial charge in [0.2, 0.25) is 0 Å². The Morgan fingerprint density at radius 1 is 1.47 bits per heavy atom. The second-order valence-corrected chi connectivity index (χ2v) is 4.53. The Morgan fingerprint density at radius 3 is 2.82 bits per heavy atom. The summed E-state index contributed by atoms with van der Waals surface area (Å²) in [7, 11) is 0. The van der Waals surface area contributed by atoms with Crippen LogP contribution in [0.4, 0.5) is 5.69 Å². The van der Waals surface area contributed by atoms with Gasteiger partial charge in [0.15, 0.2) is 0 Å². The van der Waals surface area contributed by atoms with E-state index in [4.69, 9.17) is 10.00 Å². The summed E-state index contributed by atoms with van der Waals surface area (Å²) in [4.78, 5) is 0. The van der Waals surface area contributed by atoms with E-state index in [1.165, 1.54) is 0 Å². The molecule has 3 heteroatoms. The largest absolute Gasteiger partial charge is 0.382 e. The summed E-state index contributed by atoms with van der Waals surface area (Å²) in [6.45, 7) is 4.80. The van der Waals surface area contributed by atoms with Crippen molar-refractivity contribution < 1.29 is 4.74 Å². The van der Waals surface area contributed by atoms with E-state index in [1.807, 2.05) is 32.0 Å². The first-order valence-electron chi connectivity index (χ1n) is 6.11. The monoisotopic (exact) mass is 230 g/mol. The van der Waals surface area contributed by atoms with Gasteiger partial charge in [0.05, 0.1) is 17.7 Å². The fourth-order valence-electron chi connectivity index (χ4n) is 2.17. The lowest BCUT2D eigenvalue weighted by Crippen LogP contribution is -2.40. The van der Waals surface area contributed by atoms with Gasteiger partial charge in [-0.3, -0.25) is 0 Å². The number of nitrogens with zero attached hydrogens (tertiary/aromatic N) is 1. The van der Waals surface area contributed by atoms with Crippen LogP contribution in [0, 0.1) is 18.3 Å². The molecule has 1 N–H and O–H groups in total. The van der Waals surface area contributed by atoms with Crippen molar-refractivity contribution in [3.05, 3.63) is 29.3 Å². The fourth-order valence-corrected chi connectivity index (χ4v) is 2.17. The second-order valence-electron chi connectivity index (χ2n) is 4.53. The van der Waals surface area contributed by atoms with E-state index in [9.17, 15) is 0 Å². The molecule has 1 aliphatic carbocycles. The quantitative estimate of drug-likeness (QED) is 0.865. The summed E-state index contributed by atoms with van der Waals surface area (Å²) >= 11 is 0. The fraction of sp³-hybridized carbons (Fsp3) is 0.500. The molecule has 0 aliphatic heterocycles. The van der Waals surface area contributed by atoms with E-state index in [0.29, 0.717) is 12.1 Å². The number of benzene rings is 1. The highest BCUT2D eigenvalue weighted by atomic mass is 16.5. The zero-order valence-corrected chi connectivity index (χ0v) is 10.4. The Bertz CT molecular complexity index is 430. The van der Waals surface area contributed by atoms with Gasteiger partial charge in [-0.25, -0.2) is 0 Å². The van der Waals surface area contributed by atoms with Crippen molar-refractivity contribution in [2.24, 2.45) is 0 Å². The summed E-state index contributed by atoms with van der Waals surface area (Å²) in [5, 5.41) is 12.3. The number of rotatable bonds is 4. The Hall–Kier alpha value is -1.53. The van der Waals surface area contributed by atoms with E-state index >= 15 is 0 Å². The van der Waals surface area contributed by atoms with E-state index in [-0.39, 0.29) is 0 Å². The minimum absolute atomic E-state index is 0.428. The summed E-state index contributed by atoms with van der Waals surface area (Å²) in [5.74, 6) is 0. The van der Waals surface area contributed by atoms with Crippen molar-refractivity contribution in [1.82, 2.24) is 0 Å². The van der Waals surface area contributed by atoms with Crippen molar-refractivity contribution in [1.29, 1.82) is 5.26 Å². The molecule has 0 saturated heterocycles. The van der Waals surface area contributed by atoms with Gasteiger partial charge in [0.25, 0.3) is 0 Å². The van der Waals surface area contributed by atoms with Crippen LogP contribution in [-0.4, -0.2) is 18.8 Å². The molecule has 0 heterocycles. The zero-order valence-electron chi connectivity index (χ0n) is 10.4. The zero-order chi connectivity index (χ0) is 12.3. The molecule has 0 spiro atoms. The molecule has 1 fully saturated rings. The van der Waals surface area contributed by atoms with Gasteiger partial charge in [-0.05, 0) is 50.5 Å². The highest BCUT2D eigenvalue weighted by Gasteiger charge is 2.29. The van der Waals surface area contributed by atoms with Crippen LogP contribution in [0.5, 0.6) is 0 Å². The molecule has 0 atom stereocenters. The molecule has 2 rings (SSSR count). The Labute approximate surface area is 102 Å². The predicted octanol–water partition coefficient (Wildman–Crippen LogP) is 2.85. The van der Waals surface area contributed by atoms with Crippen LogP contribution in [-0.2, 0) is 4.74 Å². The third-order valence-electron chi connectivity index (χ3n) is 3.21. The van der Waals surface area contributed by atoms with Crippen LogP contribution in [0.15, 0.2) is 18.2 Å². The van der Waals surface area contributed by atoms with Crippen LogP contribution in [0.2, 0.25) is 0 Å². The molecule has 90 valence electrons. The molecule has 0 radical (unpaired) electrons. The Kier molecular flexibility index (Phi) is 3.65. The summed E-state index contributed by atoms with van der Waals surface area (Å²) in [6.07, 6.45) is 2.58. The lowest BCUT2D eigenvalue weighted by atomic mass is 9.89. The van der Waals surface area contributed by atoms with Gasteiger partial charge in [-0.15, -0.1) is 0 Å². The lowest BCUT2D eigenvalue weighted by molar-refractivity contribution is 0.00299. The first-order chi connectivity index (χ1) is 8.22. The molecule has 17 heavy (non-hydrogen) atoms. The van der Waals surface area contributed by atoms with E-state index in [2.05, 4.69) is 11.4 Å². The van der Waals surface area contributed by atoms with Crippen molar-refractivity contribution in [3.63, 3.8) is 0 Å². The first-order valence-corrected chi connectivity index (χ1v) is 6.11. The molecule has 3 nitrogen and oxygen atoms in total. The lowest BCUT2D eigenvalue weighted by Gasteiger charge is -2.36. The molecule has 0 bridgehead atoms. The molecule has 0 aromatic heterocycles. The molecule has 0 unspecified atom stereocenters. The third kappa shape index (κ3) is 2.78. The number of aryl methyl sites for hydroxylation is 1. The van der Waals surface area contributed by atoms with Crippen molar-refractivity contribution >= 4 is 5.69 Å². The van der Waals surface area contributed by atoms with Crippen LogP contribution in [0.25, 0.3) is 0 Å². The maximum atomic E-state index is 8.86. The van der Waals surface area contributed by atoms with Crippen LogP contribution in [0.1, 0.15) is 30.9 Å². The Morgan fingerprint density at radius 2 is 2.24 bits per heavy atom. The highest BCUT2D eigenvalue weighted by molar-refractivity contribution is 5.52. The minimum Gasteiger partial charge on any atom is -0.382 e. The number of ether oxygens (including phenoxy) is 1. The molecule has 0 amide bonds. The van der Waals surface area contributed by atoms with E-state index in [0.717, 1.165) is 36.3 Å². The van der Waals surface area contributed by atoms with Gasteiger partial charge in [-0.2, -0.15) is 5.26 Å². The maximum absolute atomic E-state index is 8.86. The van der Waals surface area contributed by atoms with Gasteiger partial charge in [-0.1, -0.05) is 0 Å². The van der Waals surface area contributed by atoms with Gasteiger partial charge in [0, 0.05) is 18.3 Å². The summed E-state index contributed by atoms with van der Waals surface area (Å²) in [5.41, 5.74) is 2.87. The highest BCUT2D eigenvalue weighted by Crippen LogP contribution is 2.27. The molecule has 1 aliphatic rings. The van der Waals surface area contributed by atoms with Gasteiger partial charge < -0.3 is 10.1 Å². The molecular formula is C14H18N2O. The molecule has 1 saturated carbocycles. The standard InChI is InChI=1S/C14H18N2O/c1-3-17-14-7-13(8-14)16-12-5-4-11(9-15)10(2)6-12/h4-6,13-14,16H,3,7-8H2,1-2H3. The van der Waals surface area contributed by atoms with Gasteiger partial charge >= 0.3 is 0 Å². The maximum Gasteiger partial charge on any atom is 0.0994 e. The van der Waals surface area contributed by atoms with Crippen molar-refractivity contribution in [2.75, 3.05) is 11.9 Å². The summed E-state index contributed by atoms with van der Waals surface area (Å²) in [6, 6.07) is 8.57. The number of nitriles is 1. The predicted molar refractivity (Wildman–Crippen MR) is 68.0 cm³/mol. The first kappa shape index (κ1) is 11.9. The number of nitrogens with one attached hydrogen (secondary N) is 1. The number of hydrogen-bond acceptors (Lipinski definition) is 3. The average molecular weight is 230 g/mol. The molecular weight excluding hydrogens is 212 g/mol. The normalized spacial score (nSPS) is 22.6. The van der Waals surface area contributed by atoms with Crippen molar-refractivity contribution in [2.45, 2.75) is 38.8 Å². The van der Waals surface area contributed by atoms with Crippen LogP contribution >= 0.6 is 0 Å². The second kappa shape index (κ2) is 5.20. The summed E-state index contributed by atoms with van der Waals surface area (Å²) < 4.78 is 5.52. The number of hydrogen-bond donors (Lipinski definition) is 1. The van der Waals surface area contributed by atoms with Gasteiger partial charge in [0.1, 0.15) is 0 Å². The van der Waals surface area contributed by atoms with E-state index in [1.54, 1.807) is 0 Å². The third-order valence-corrected chi connectivity index (χ3v) is 3.21. The number of anilines is 1. The topological polar surface area (TPSA) is 45.0 Å². The smallest absolute Gasteiger partial charge is 0.0994 e. The van der Waals surface area contributed by atoms with E-state index < -0.39 is 0 Å². The SMILES string of the molecule is CCOC1CC(Nc2ccc(C#N)c(C)c2)C1. The Balaban J connectivity index is 1.89. The van der Waals surface area contributed by atoms with Crippen LogP contribution < -0.4 is 5.32 Å². The molecule has 1 aromatic rings. The molecule has 1 aromatic carbocycles. The van der Waals surface area contributed by atoms with Crippen molar-refractivity contribution in [3.8, 4) is 6.07 Å².